The van der Waals surface area contributed by atoms with E-state index in [1.807, 2.05) is 0 Å². The molecule has 0 saturated carbocycles. The van der Waals surface area contributed by atoms with Crippen molar-refractivity contribution in [3.63, 3.8) is 0 Å². The number of nitrogens with zero attached hydrogens (tertiary/aromatic N) is 2. The molecule has 1 aliphatic rings. The topological polar surface area (TPSA) is 18.5 Å². The number of para-hydroxylation sites is 1. The van der Waals surface area contributed by atoms with Gasteiger partial charge in [-0.05, 0) is 36.8 Å². The molecular formula is C23H31N3. The fourth-order valence-electron chi connectivity index (χ4n) is 3.50. The smallest absolute Gasteiger partial charge is 0.0791 e. The molecule has 2 aromatic rings. The Morgan fingerprint density at radius 3 is 1.81 bits per heavy atom. The maximum atomic E-state index is 3.62. The summed E-state index contributed by atoms with van der Waals surface area (Å²) in [6.07, 6.45) is 2.24. The largest absolute Gasteiger partial charge is 0.286 e. The summed E-state index contributed by atoms with van der Waals surface area (Å²) >= 11 is 0. The quantitative estimate of drug-likeness (QED) is 0.727. The molecule has 0 saturated heterocycles. The van der Waals surface area contributed by atoms with Crippen LogP contribution in [0.3, 0.4) is 0 Å². The van der Waals surface area contributed by atoms with Crippen molar-refractivity contribution in [3.8, 4) is 0 Å². The molecule has 3 nitrogen and oxygen atoms in total. The van der Waals surface area contributed by atoms with E-state index >= 15 is 0 Å². The van der Waals surface area contributed by atoms with Gasteiger partial charge in [-0.2, -0.15) is 0 Å². The first-order valence-electron chi connectivity index (χ1n) is 9.65. The molecule has 1 aliphatic heterocycles. The number of hydrogen-bond acceptors (Lipinski definition) is 3. The van der Waals surface area contributed by atoms with Crippen LogP contribution in [-0.2, 0) is 0 Å². The molecule has 0 amide bonds. The lowest BCUT2D eigenvalue weighted by atomic mass is 9.92. The van der Waals surface area contributed by atoms with E-state index in [1.54, 1.807) is 0 Å². The summed E-state index contributed by atoms with van der Waals surface area (Å²) in [5.74, 6) is 0.930. The molecule has 0 aromatic heterocycles. The third-order valence-electron chi connectivity index (χ3n) is 4.90. The van der Waals surface area contributed by atoms with E-state index in [2.05, 4.69) is 112 Å². The van der Waals surface area contributed by atoms with E-state index in [0.29, 0.717) is 17.9 Å². The Labute approximate surface area is 158 Å². The molecule has 1 N–H and O–H groups in total. The molecule has 0 bridgehead atoms. The van der Waals surface area contributed by atoms with Crippen molar-refractivity contribution >= 4 is 11.4 Å². The standard InChI is InChI=1S/C23H31N3/c1-16(2)20-13-10-14-21(17(3)4)23(20)25-15-22(26(24-25)18(5)6)19-11-8-7-9-12-19/h7-18,24H,1-6H3. The maximum Gasteiger partial charge on any atom is 0.0791 e. The first-order valence-corrected chi connectivity index (χ1v) is 9.65. The van der Waals surface area contributed by atoms with E-state index in [0.717, 1.165) is 0 Å². The van der Waals surface area contributed by atoms with E-state index < -0.39 is 0 Å². The highest BCUT2D eigenvalue weighted by molar-refractivity contribution is 5.73. The van der Waals surface area contributed by atoms with Gasteiger partial charge in [0.05, 0.1) is 11.4 Å². The minimum absolute atomic E-state index is 0.347. The van der Waals surface area contributed by atoms with Crippen LogP contribution in [0.4, 0.5) is 5.69 Å². The summed E-state index contributed by atoms with van der Waals surface area (Å²) in [6.45, 7) is 13.5. The molecule has 0 fully saturated rings. The normalized spacial score (nSPS) is 14.7. The first-order chi connectivity index (χ1) is 12.4. The summed E-state index contributed by atoms with van der Waals surface area (Å²) in [5, 5.41) is 4.46. The Kier molecular flexibility index (Phi) is 5.38. The highest BCUT2D eigenvalue weighted by Crippen LogP contribution is 2.38. The molecule has 2 aromatic carbocycles. The van der Waals surface area contributed by atoms with Crippen molar-refractivity contribution in [1.82, 2.24) is 10.5 Å². The Bertz CT molecular complexity index is 749. The third kappa shape index (κ3) is 3.49. The summed E-state index contributed by atoms with van der Waals surface area (Å²) in [6, 6.07) is 17.6. The number of hydrazine groups is 2. The molecule has 3 rings (SSSR count). The SMILES string of the molecule is CC(C)c1cccc(C(C)C)c1N1C=C(c2ccccc2)N(C(C)C)N1. The zero-order valence-corrected chi connectivity index (χ0v) is 16.8. The van der Waals surface area contributed by atoms with Crippen molar-refractivity contribution in [2.75, 3.05) is 5.01 Å². The van der Waals surface area contributed by atoms with Gasteiger partial charge in [0, 0.05) is 17.8 Å². The van der Waals surface area contributed by atoms with Gasteiger partial charge in [0.2, 0.25) is 0 Å². The zero-order valence-electron chi connectivity index (χ0n) is 16.8. The average Bonchev–Trinajstić information content (AvgIpc) is 3.07. The summed E-state index contributed by atoms with van der Waals surface area (Å²) in [5.41, 5.74) is 10.1. The van der Waals surface area contributed by atoms with Gasteiger partial charge < -0.3 is 0 Å². The Balaban J connectivity index is 2.12. The number of nitrogens with one attached hydrogen (secondary N) is 1. The van der Waals surface area contributed by atoms with Crippen molar-refractivity contribution in [3.05, 3.63) is 71.4 Å². The van der Waals surface area contributed by atoms with Gasteiger partial charge in [0.25, 0.3) is 0 Å². The van der Waals surface area contributed by atoms with Crippen LogP contribution < -0.4 is 10.5 Å². The van der Waals surface area contributed by atoms with Crippen LogP contribution in [0.5, 0.6) is 0 Å². The first kappa shape index (κ1) is 18.5. The van der Waals surface area contributed by atoms with Crippen LogP contribution in [-0.4, -0.2) is 11.1 Å². The van der Waals surface area contributed by atoms with Crippen LogP contribution in [0.15, 0.2) is 54.7 Å². The van der Waals surface area contributed by atoms with Crippen LogP contribution in [0.25, 0.3) is 5.70 Å². The van der Waals surface area contributed by atoms with Gasteiger partial charge in [0.1, 0.15) is 0 Å². The van der Waals surface area contributed by atoms with Gasteiger partial charge >= 0.3 is 0 Å². The Hall–Kier alpha value is -2.26. The highest BCUT2D eigenvalue weighted by atomic mass is 15.8. The minimum Gasteiger partial charge on any atom is -0.286 e. The van der Waals surface area contributed by atoms with E-state index in [9.17, 15) is 0 Å². The maximum absolute atomic E-state index is 3.62. The summed E-state index contributed by atoms with van der Waals surface area (Å²) in [7, 11) is 0. The molecular weight excluding hydrogens is 318 g/mol. The Morgan fingerprint density at radius 1 is 0.731 bits per heavy atom. The molecule has 1 heterocycles. The van der Waals surface area contributed by atoms with Crippen LogP contribution in [0, 0.1) is 0 Å². The van der Waals surface area contributed by atoms with Crippen molar-refractivity contribution in [1.29, 1.82) is 0 Å². The van der Waals surface area contributed by atoms with Crippen LogP contribution >= 0.6 is 0 Å². The van der Waals surface area contributed by atoms with E-state index in [1.165, 1.54) is 28.1 Å². The summed E-state index contributed by atoms with van der Waals surface area (Å²) in [4.78, 5) is 0. The fraction of sp³-hybridized carbons (Fsp3) is 0.391. The second kappa shape index (κ2) is 7.55. The summed E-state index contributed by atoms with van der Waals surface area (Å²) < 4.78 is 0. The van der Waals surface area contributed by atoms with Gasteiger partial charge in [-0.1, -0.05) is 76.2 Å². The second-order valence-corrected chi connectivity index (χ2v) is 7.91. The lowest BCUT2D eigenvalue weighted by Gasteiger charge is -2.31. The fourth-order valence-corrected chi connectivity index (χ4v) is 3.50. The Morgan fingerprint density at radius 2 is 1.31 bits per heavy atom. The van der Waals surface area contributed by atoms with Crippen molar-refractivity contribution in [2.24, 2.45) is 0 Å². The number of anilines is 1. The minimum atomic E-state index is 0.347. The van der Waals surface area contributed by atoms with Gasteiger partial charge in [-0.3, -0.25) is 10.0 Å². The molecule has 138 valence electrons. The predicted molar refractivity (Wildman–Crippen MR) is 112 cm³/mol. The number of rotatable bonds is 5. The van der Waals surface area contributed by atoms with Crippen molar-refractivity contribution in [2.45, 2.75) is 59.4 Å². The van der Waals surface area contributed by atoms with Gasteiger partial charge in [-0.25, -0.2) is 0 Å². The van der Waals surface area contributed by atoms with E-state index in [-0.39, 0.29) is 0 Å². The monoisotopic (exact) mass is 349 g/mol. The third-order valence-corrected chi connectivity index (χ3v) is 4.90. The van der Waals surface area contributed by atoms with Gasteiger partial charge in [0.15, 0.2) is 0 Å². The molecule has 26 heavy (non-hydrogen) atoms. The zero-order chi connectivity index (χ0) is 18.8. The average molecular weight is 350 g/mol. The van der Waals surface area contributed by atoms with Crippen LogP contribution in [0.1, 0.15) is 70.1 Å². The lowest BCUT2D eigenvalue weighted by Crippen LogP contribution is -2.44. The molecule has 0 radical (unpaired) electrons. The number of benzene rings is 2. The van der Waals surface area contributed by atoms with Crippen LogP contribution in [0.2, 0.25) is 0 Å². The molecule has 0 atom stereocenters. The second-order valence-electron chi connectivity index (χ2n) is 7.91. The predicted octanol–water partition coefficient (Wildman–Crippen LogP) is 5.88. The molecule has 3 heteroatoms. The lowest BCUT2D eigenvalue weighted by molar-refractivity contribution is 0.256. The van der Waals surface area contributed by atoms with Crippen molar-refractivity contribution < 1.29 is 0 Å². The van der Waals surface area contributed by atoms with E-state index in [4.69, 9.17) is 0 Å². The van der Waals surface area contributed by atoms with Gasteiger partial charge in [-0.15, -0.1) is 5.53 Å². The number of hydrogen-bond donors (Lipinski definition) is 1. The molecule has 0 aliphatic carbocycles. The molecule has 0 spiro atoms. The molecule has 0 unspecified atom stereocenters. The highest BCUT2D eigenvalue weighted by Gasteiger charge is 2.28.